The highest BCUT2D eigenvalue weighted by Crippen LogP contribution is 2.26. The number of rotatable bonds is 2. The molecular weight excluding hydrogens is 208 g/mol. The Morgan fingerprint density at radius 2 is 1.06 bits per heavy atom. The van der Waals surface area contributed by atoms with E-state index in [0.29, 0.717) is 0 Å². The van der Waals surface area contributed by atoms with E-state index >= 15 is 0 Å². The normalized spacial score (nSPS) is 11.5. The first-order valence-corrected chi connectivity index (χ1v) is 5.73. The summed E-state index contributed by atoms with van der Waals surface area (Å²) in [7, 11) is 0. The summed E-state index contributed by atoms with van der Waals surface area (Å²) in [6.07, 6.45) is 0. The molecule has 0 amide bonds. The monoisotopic (exact) mass is 226 g/mol. The summed E-state index contributed by atoms with van der Waals surface area (Å²) in [4.78, 5) is 0. The van der Waals surface area contributed by atoms with Crippen molar-refractivity contribution in [1.82, 2.24) is 0 Å². The van der Waals surface area contributed by atoms with Crippen molar-refractivity contribution in [3.8, 4) is 0 Å². The maximum Gasteiger partial charge on any atom is 0.117 e. The molecule has 0 aliphatic rings. The lowest BCUT2D eigenvalue weighted by Gasteiger charge is -2.29. The zero-order valence-electron chi connectivity index (χ0n) is 10.3. The van der Waals surface area contributed by atoms with Gasteiger partial charge in [-0.1, -0.05) is 48.5 Å². The van der Waals surface area contributed by atoms with E-state index in [4.69, 9.17) is 11.5 Å². The number of hydrogen-bond acceptors (Lipinski definition) is 2. The molecule has 0 fully saturated rings. The van der Waals surface area contributed by atoms with E-state index in [-0.39, 0.29) is 0 Å². The summed E-state index contributed by atoms with van der Waals surface area (Å²) >= 11 is 0. The molecule has 0 aliphatic heterocycles. The Labute approximate surface area is 102 Å². The summed E-state index contributed by atoms with van der Waals surface area (Å²) in [6.45, 7) is 4.06. The third-order valence-electron chi connectivity index (χ3n) is 3.18. The molecule has 4 N–H and O–H groups in total. The van der Waals surface area contributed by atoms with E-state index in [1.165, 1.54) is 0 Å². The molecule has 0 unspecified atom stereocenters. The van der Waals surface area contributed by atoms with Crippen LogP contribution in [0.4, 0.5) is 0 Å². The van der Waals surface area contributed by atoms with Crippen LogP contribution in [0.15, 0.2) is 48.5 Å². The quantitative estimate of drug-likeness (QED) is 0.773. The number of aryl methyl sites for hydroxylation is 2. The minimum absolute atomic E-state index is 0.934. The van der Waals surface area contributed by atoms with Crippen LogP contribution in [0.25, 0.3) is 0 Å². The van der Waals surface area contributed by atoms with Crippen molar-refractivity contribution in [2.24, 2.45) is 11.5 Å². The highest BCUT2D eigenvalue weighted by molar-refractivity contribution is 5.43. The lowest BCUT2D eigenvalue weighted by molar-refractivity contribution is 0.560. The average Bonchev–Trinajstić information content (AvgIpc) is 2.29. The van der Waals surface area contributed by atoms with Gasteiger partial charge in [-0.05, 0) is 36.1 Å². The van der Waals surface area contributed by atoms with Gasteiger partial charge >= 0.3 is 0 Å². The molecule has 0 heterocycles. The van der Waals surface area contributed by atoms with Crippen LogP contribution in [0.5, 0.6) is 0 Å². The molecule has 0 radical (unpaired) electrons. The van der Waals surface area contributed by atoms with E-state index in [1.54, 1.807) is 0 Å². The maximum absolute atomic E-state index is 6.34. The van der Waals surface area contributed by atoms with E-state index in [9.17, 15) is 0 Å². The summed E-state index contributed by atoms with van der Waals surface area (Å²) in [6, 6.07) is 16.0. The Balaban J connectivity index is 2.58. The van der Waals surface area contributed by atoms with E-state index < -0.39 is 5.66 Å². The van der Waals surface area contributed by atoms with Gasteiger partial charge in [0.2, 0.25) is 0 Å². The van der Waals surface area contributed by atoms with Crippen molar-refractivity contribution in [3.63, 3.8) is 0 Å². The molecule has 0 atom stereocenters. The first kappa shape index (κ1) is 11.8. The molecule has 2 nitrogen and oxygen atoms in total. The van der Waals surface area contributed by atoms with Crippen molar-refractivity contribution >= 4 is 0 Å². The Bertz CT molecular complexity index is 482. The molecule has 0 saturated carbocycles. The van der Waals surface area contributed by atoms with Crippen molar-refractivity contribution in [2.75, 3.05) is 0 Å². The second-order valence-electron chi connectivity index (χ2n) is 4.50. The van der Waals surface area contributed by atoms with Gasteiger partial charge in [0, 0.05) is 0 Å². The molecule has 2 rings (SSSR count). The second-order valence-corrected chi connectivity index (χ2v) is 4.50. The summed E-state index contributed by atoms with van der Waals surface area (Å²) in [5, 5.41) is 0. The number of benzene rings is 2. The van der Waals surface area contributed by atoms with Crippen LogP contribution < -0.4 is 11.5 Å². The molecule has 0 aromatic heterocycles. The predicted molar refractivity (Wildman–Crippen MR) is 71.5 cm³/mol. The van der Waals surface area contributed by atoms with Gasteiger partial charge in [0.1, 0.15) is 5.66 Å². The number of nitrogens with two attached hydrogens (primary N) is 2. The van der Waals surface area contributed by atoms with Crippen LogP contribution in [0, 0.1) is 13.8 Å². The molecule has 2 aromatic carbocycles. The Kier molecular flexibility index (Phi) is 3.01. The predicted octanol–water partition coefficient (Wildman–Crippen LogP) is 2.42. The molecular formula is C15H18N2. The SMILES string of the molecule is Cc1ccccc1C(N)(N)c1ccccc1C. The summed E-state index contributed by atoms with van der Waals surface area (Å²) in [5.41, 5.74) is 15.9. The van der Waals surface area contributed by atoms with E-state index in [1.807, 2.05) is 62.4 Å². The highest BCUT2D eigenvalue weighted by atomic mass is 15.0. The fourth-order valence-electron chi connectivity index (χ4n) is 2.22. The van der Waals surface area contributed by atoms with Gasteiger partial charge in [-0.15, -0.1) is 0 Å². The van der Waals surface area contributed by atoms with Crippen molar-refractivity contribution < 1.29 is 0 Å². The van der Waals surface area contributed by atoms with Crippen molar-refractivity contribution in [2.45, 2.75) is 19.5 Å². The van der Waals surface area contributed by atoms with E-state index in [2.05, 4.69) is 0 Å². The molecule has 17 heavy (non-hydrogen) atoms. The maximum atomic E-state index is 6.34. The minimum atomic E-state index is -0.934. The Hall–Kier alpha value is -1.64. The van der Waals surface area contributed by atoms with Gasteiger partial charge in [0.25, 0.3) is 0 Å². The van der Waals surface area contributed by atoms with E-state index in [0.717, 1.165) is 22.3 Å². The first-order chi connectivity index (χ1) is 8.03. The lowest BCUT2D eigenvalue weighted by atomic mass is 9.87. The average molecular weight is 226 g/mol. The molecule has 0 saturated heterocycles. The van der Waals surface area contributed by atoms with Gasteiger partial charge in [0.15, 0.2) is 0 Å². The number of hydrogen-bond donors (Lipinski definition) is 2. The van der Waals surface area contributed by atoms with Crippen LogP contribution in [-0.2, 0) is 5.66 Å². The van der Waals surface area contributed by atoms with Crippen LogP contribution in [-0.4, -0.2) is 0 Å². The van der Waals surface area contributed by atoms with Crippen molar-refractivity contribution in [1.29, 1.82) is 0 Å². The Morgan fingerprint density at radius 1 is 0.706 bits per heavy atom. The van der Waals surface area contributed by atoms with Gasteiger partial charge in [0.05, 0.1) is 0 Å². The van der Waals surface area contributed by atoms with Gasteiger partial charge < -0.3 is 11.5 Å². The zero-order valence-corrected chi connectivity index (χ0v) is 10.3. The zero-order chi connectivity index (χ0) is 12.5. The largest absolute Gasteiger partial charge is 0.306 e. The standard InChI is InChI=1S/C15H18N2/c1-11-7-3-5-9-13(11)15(16,17)14-10-6-4-8-12(14)2/h3-10H,16-17H2,1-2H3. The van der Waals surface area contributed by atoms with Crippen molar-refractivity contribution in [3.05, 3.63) is 70.8 Å². The van der Waals surface area contributed by atoms with Gasteiger partial charge in [-0.2, -0.15) is 0 Å². The topological polar surface area (TPSA) is 52.0 Å². The molecule has 0 bridgehead atoms. The van der Waals surface area contributed by atoms with Crippen LogP contribution in [0.1, 0.15) is 22.3 Å². The molecule has 2 heteroatoms. The second kappa shape index (κ2) is 4.32. The molecule has 88 valence electrons. The molecule has 2 aromatic rings. The van der Waals surface area contributed by atoms with Crippen LogP contribution >= 0.6 is 0 Å². The molecule has 0 spiro atoms. The fourth-order valence-corrected chi connectivity index (χ4v) is 2.22. The molecule has 0 aliphatic carbocycles. The fraction of sp³-hybridized carbons (Fsp3) is 0.200. The van der Waals surface area contributed by atoms with Gasteiger partial charge in [-0.25, -0.2) is 0 Å². The smallest absolute Gasteiger partial charge is 0.117 e. The highest BCUT2D eigenvalue weighted by Gasteiger charge is 2.27. The summed E-state index contributed by atoms with van der Waals surface area (Å²) < 4.78 is 0. The lowest BCUT2D eigenvalue weighted by Crippen LogP contribution is -2.48. The van der Waals surface area contributed by atoms with Crippen LogP contribution in [0.2, 0.25) is 0 Å². The van der Waals surface area contributed by atoms with Crippen LogP contribution in [0.3, 0.4) is 0 Å². The third kappa shape index (κ3) is 2.09. The first-order valence-electron chi connectivity index (χ1n) is 5.73. The van der Waals surface area contributed by atoms with Gasteiger partial charge in [-0.3, -0.25) is 0 Å². The summed E-state index contributed by atoms with van der Waals surface area (Å²) in [5.74, 6) is 0. The third-order valence-corrected chi connectivity index (χ3v) is 3.18. The minimum Gasteiger partial charge on any atom is -0.306 e. The Morgan fingerprint density at radius 3 is 1.41 bits per heavy atom.